The third-order valence-electron chi connectivity index (χ3n) is 5.99. The Morgan fingerprint density at radius 3 is 1.00 bits per heavy atom. The Hall–Kier alpha value is 0. The quantitative estimate of drug-likeness (QED) is 0.206. The van der Waals surface area contributed by atoms with Gasteiger partial charge in [-0.1, -0.05) is 124 Å². The molecule has 0 nitrogen and oxygen atoms in total. The van der Waals surface area contributed by atoms with E-state index in [0.29, 0.717) is 5.41 Å². The van der Waals surface area contributed by atoms with Gasteiger partial charge in [0.1, 0.15) is 0 Å². The van der Waals surface area contributed by atoms with Crippen LogP contribution < -0.4 is 0 Å². The highest BCUT2D eigenvalue weighted by Crippen LogP contribution is 2.41. The summed E-state index contributed by atoms with van der Waals surface area (Å²) in [5.74, 6) is 0. The van der Waals surface area contributed by atoms with Crippen LogP contribution in [0, 0.1) is 5.41 Å². The second-order valence-corrected chi connectivity index (χ2v) is 8.39. The lowest BCUT2D eigenvalue weighted by molar-refractivity contribution is 0.175. The molecule has 0 saturated carbocycles. The molecule has 0 N–H and O–H groups in total. The zero-order valence-electron chi connectivity index (χ0n) is 17.9. The summed E-state index contributed by atoms with van der Waals surface area (Å²) in [7, 11) is 0. The largest absolute Gasteiger partial charge is 0.0654 e. The van der Waals surface area contributed by atoms with Crippen molar-refractivity contribution in [2.45, 2.75) is 150 Å². The Kier molecular flexibility index (Phi) is 17.8. The van der Waals surface area contributed by atoms with Crippen molar-refractivity contribution in [1.82, 2.24) is 0 Å². The SMILES string of the molecule is CCCCCCCCCCCC(CCCC)(CCCC)CCCC. The molecule has 0 heterocycles. The molecule has 0 atom stereocenters. The summed E-state index contributed by atoms with van der Waals surface area (Å²) in [4.78, 5) is 0. The fourth-order valence-electron chi connectivity index (χ4n) is 4.22. The summed E-state index contributed by atoms with van der Waals surface area (Å²) in [6, 6.07) is 0. The highest BCUT2D eigenvalue weighted by molar-refractivity contribution is 4.79. The normalized spacial score (nSPS) is 12.0. The van der Waals surface area contributed by atoms with Crippen LogP contribution in [0.1, 0.15) is 150 Å². The standard InChI is InChI=1S/C24H50/c1-5-9-13-14-15-16-17-18-19-23-24(20-10-6-2,21-11-7-3)22-12-8-4/h5-23H2,1-4H3. The van der Waals surface area contributed by atoms with Crippen LogP contribution in [0.15, 0.2) is 0 Å². The summed E-state index contributed by atoms with van der Waals surface area (Å²) < 4.78 is 0. The molecule has 0 aromatic heterocycles. The second kappa shape index (κ2) is 17.8. The van der Waals surface area contributed by atoms with Gasteiger partial charge in [0, 0.05) is 0 Å². The average molecular weight is 339 g/mol. The van der Waals surface area contributed by atoms with Gasteiger partial charge in [-0.25, -0.2) is 0 Å². The fourth-order valence-corrected chi connectivity index (χ4v) is 4.22. The summed E-state index contributed by atoms with van der Waals surface area (Å²) in [5.41, 5.74) is 0.698. The van der Waals surface area contributed by atoms with Gasteiger partial charge in [-0.15, -0.1) is 0 Å². The second-order valence-electron chi connectivity index (χ2n) is 8.39. The lowest BCUT2D eigenvalue weighted by Gasteiger charge is -2.35. The van der Waals surface area contributed by atoms with Crippen LogP contribution in [0.3, 0.4) is 0 Å². The van der Waals surface area contributed by atoms with Gasteiger partial charge in [0.05, 0.1) is 0 Å². The smallest absolute Gasteiger partial charge is 0.0297 e. The van der Waals surface area contributed by atoms with E-state index >= 15 is 0 Å². The molecule has 0 rings (SSSR count). The van der Waals surface area contributed by atoms with E-state index in [9.17, 15) is 0 Å². The highest BCUT2D eigenvalue weighted by atomic mass is 14.3. The molecule has 0 saturated heterocycles. The van der Waals surface area contributed by atoms with Gasteiger partial charge in [0.2, 0.25) is 0 Å². The minimum Gasteiger partial charge on any atom is -0.0654 e. The van der Waals surface area contributed by atoms with Crippen molar-refractivity contribution in [2.24, 2.45) is 5.41 Å². The predicted octanol–water partition coefficient (Wildman–Crippen LogP) is 9.46. The maximum Gasteiger partial charge on any atom is -0.0297 e. The molecule has 0 unspecified atom stereocenters. The first kappa shape index (κ1) is 24.0. The van der Waals surface area contributed by atoms with E-state index < -0.39 is 0 Å². The number of rotatable bonds is 19. The summed E-state index contributed by atoms with van der Waals surface area (Å²) in [6.07, 6.45) is 27.7. The van der Waals surface area contributed by atoms with Crippen LogP contribution in [-0.4, -0.2) is 0 Å². The van der Waals surface area contributed by atoms with Crippen molar-refractivity contribution in [1.29, 1.82) is 0 Å². The minimum absolute atomic E-state index is 0.698. The van der Waals surface area contributed by atoms with Gasteiger partial charge < -0.3 is 0 Å². The molecule has 146 valence electrons. The van der Waals surface area contributed by atoms with Crippen LogP contribution in [0.25, 0.3) is 0 Å². The fraction of sp³-hybridized carbons (Fsp3) is 1.00. The Bertz CT molecular complexity index is 208. The van der Waals surface area contributed by atoms with E-state index in [2.05, 4.69) is 27.7 Å². The van der Waals surface area contributed by atoms with Gasteiger partial charge >= 0.3 is 0 Å². The molecule has 0 spiro atoms. The number of hydrogen-bond acceptors (Lipinski definition) is 0. The van der Waals surface area contributed by atoms with Crippen molar-refractivity contribution in [3.8, 4) is 0 Å². The molecule has 0 aliphatic carbocycles. The first-order chi connectivity index (χ1) is 11.7. The van der Waals surface area contributed by atoms with Crippen molar-refractivity contribution < 1.29 is 0 Å². The summed E-state index contributed by atoms with van der Waals surface area (Å²) >= 11 is 0. The monoisotopic (exact) mass is 338 g/mol. The lowest BCUT2D eigenvalue weighted by Crippen LogP contribution is -2.21. The molecule has 0 radical (unpaired) electrons. The van der Waals surface area contributed by atoms with Gasteiger partial charge in [-0.3, -0.25) is 0 Å². The van der Waals surface area contributed by atoms with Crippen LogP contribution in [0.5, 0.6) is 0 Å². The molecule has 24 heavy (non-hydrogen) atoms. The van der Waals surface area contributed by atoms with E-state index in [1.54, 1.807) is 0 Å². The molecule has 0 aliphatic heterocycles. The van der Waals surface area contributed by atoms with Gasteiger partial charge in [0.25, 0.3) is 0 Å². The maximum absolute atomic E-state index is 2.36. The third-order valence-corrected chi connectivity index (χ3v) is 5.99. The lowest BCUT2D eigenvalue weighted by atomic mass is 9.71. The van der Waals surface area contributed by atoms with E-state index in [4.69, 9.17) is 0 Å². The molecular weight excluding hydrogens is 288 g/mol. The molecule has 0 heteroatoms. The predicted molar refractivity (Wildman–Crippen MR) is 113 cm³/mol. The van der Waals surface area contributed by atoms with E-state index in [-0.39, 0.29) is 0 Å². The van der Waals surface area contributed by atoms with Gasteiger partial charge in [-0.05, 0) is 31.1 Å². The Morgan fingerprint density at radius 2 is 0.625 bits per heavy atom. The van der Waals surface area contributed by atoms with E-state index in [0.717, 1.165) is 0 Å². The molecule has 0 amide bonds. The Balaban J connectivity index is 4.07. The van der Waals surface area contributed by atoms with Gasteiger partial charge in [-0.2, -0.15) is 0 Å². The van der Waals surface area contributed by atoms with Gasteiger partial charge in [0.15, 0.2) is 0 Å². The first-order valence-electron chi connectivity index (χ1n) is 11.7. The van der Waals surface area contributed by atoms with Crippen LogP contribution in [-0.2, 0) is 0 Å². The minimum atomic E-state index is 0.698. The van der Waals surface area contributed by atoms with Crippen LogP contribution in [0.2, 0.25) is 0 Å². The summed E-state index contributed by atoms with van der Waals surface area (Å²) in [6.45, 7) is 9.40. The third kappa shape index (κ3) is 13.3. The topological polar surface area (TPSA) is 0 Å². The first-order valence-corrected chi connectivity index (χ1v) is 11.7. The van der Waals surface area contributed by atoms with Crippen LogP contribution in [0.4, 0.5) is 0 Å². The number of hydrogen-bond donors (Lipinski definition) is 0. The Labute approximate surface area is 155 Å². The zero-order chi connectivity index (χ0) is 17.9. The molecule has 0 aliphatic rings. The van der Waals surface area contributed by atoms with Crippen molar-refractivity contribution in [2.75, 3.05) is 0 Å². The average Bonchev–Trinajstić information content (AvgIpc) is 2.61. The Morgan fingerprint density at radius 1 is 0.333 bits per heavy atom. The van der Waals surface area contributed by atoms with Crippen molar-refractivity contribution in [3.05, 3.63) is 0 Å². The maximum atomic E-state index is 2.36. The van der Waals surface area contributed by atoms with Crippen LogP contribution >= 0.6 is 0 Å². The number of unbranched alkanes of at least 4 members (excludes halogenated alkanes) is 11. The molecular formula is C24H50. The molecule has 0 fully saturated rings. The zero-order valence-corrected chi connectivity index (χ0v) is 17.9. The molecule has 0 bridgehead atoms. The van der Waals surface area contributed by atoms with Crippen molar-refractivity contribution in [3.63, 3.8) is 0 Å². The van der Waals surface area contributed by atoms with E-state index in [1.807, 2.05) is 0 Å². The highest BCUT2D eigenvalue weighted by Gasteiger charge is 2.27. The molecule has 0 aromatic rings. The molecule has 0 aromatic carbocycles. The van der Waals surface area contributed by atoms with E-state index in [1.165, 1.54) is 122 Å². The van der Waals surface area contributed by atoms with Crippen molar-refractivity contribution >= 4 is 0 Å². The summed E-state index contributed by atoms with van der Waals surface area (Å²) in [5, 5.41) is 0.